The molecule has 0 spiro atoms. The van der Waals surface area contributed by atoms with Crippen LogP contribution < -0.4 is 15.4 Å². The van der Waals surface area contributed by atoms with E-state index in [1.54, 1.807) is 49.5 Å². The Morgan fingerprint density at radius 2 is 1.59 bits per heavy atom. The van der Waals surface area contributed by atoms with Crippen LogP contribution in [0.15, 0.2) is 42.5 Å². The number of methoxy groups -OCH3 is 2. The van der Waals surface area contributed by atoms with Crippen LogP contribution in [-0.4, -0.2) is 57.0 Å². The quantitative estimate of drug-likeness (QED) is 0.638. The molecule has 0 aromatic heterocycles. The van der Waals surface area contributed by atoms with Gasteiger partial charge < -0.3 is 20.1 Å². The molecule has 0 aliphatic rings. The van der Waals surface area contributed by atoms with Crippen molar-refractivity contribution in [3.05, 3.63) is 53.1 Å². The number of likely N-dealkylation sites (N-methyl/N-ethyl adjacent to an activating group) is 1. The maximum Gasteiger partial charge on any atom is 0.339 e. The van der Waals surface area contributed by atoms with Gasteiger partial charge in [-0.2, -0.15) is 0 Å². The number of para-hydroxylation sites is 1. The lowest BCUT2D eigenvalue weighted by molar-refractivity contribution is -0.119. The van der Waals surface area contributed by atoms with E-state index < -0.39 is 5.97 Å². The zero-order valence-electron chi connectivity index (χ0n) is 16.3. The molecule has 2 amide bonds. The van der Waals surface area contributed by atoms with E-state index >= 15 is 0 Å². The summed E-state index contributed by atoms with van der Waals surface area (Å²) in [5.41, 5.74) is 1.03. The molecule has 0 aliphatic heterocycles. The van der Waals surface area contributed by atoms with E-state index in [4.69, 9.17) is 21.1 Å². The van der Waals surface area contributed by atoms with Gasteiger partial charge in [0.2, 0.25) is 11.8 Å². The van der Waals surface area contributed by atoms with Gasteiger partial charge in [0.1, 0.15) is 5.75 Å². The van der Waals surface area contributed by atoms with Crippen LogP contribution in [0.5, 0.6) is 5.75 Å². The number of nitrogens with zero attached hydrogens (tertiary/aromatic N) is 1. The highest BCUT2D eigenvalue weighted by Gasteiger charge is 2.16. The second-order valence-electron chi connectivity index (χ2n) is 6.15. The third-order valence-electron chi connectivity index (χ3n) is 3.87. The lowest BCUT2D eigenvalue weighted by Crippen LogP contribution is -2.36. The van der Waals surface area contributed by atoms with E-state index in [0.29, 0.717) is 22.1 Å². The lowest BCUT2D eigenvalue weighted by atomic mass is 10.2. The summed E-state index contributed by atoms with van der Waals surface area (Å²) in [6.45, 7) is -0.0999. The number of hydrogen-bond donors (Lipinski definition) is 2. The zero-order chi connectivity index (χ0) is 21.4. The van der Waals surface area contributed by atoms with Crippen LogP contribution in [0.25, 0.3) is 0 Å². The SMILES string of the molecule is COC(=O)c1ccccc1NC(=O)CN(C)CC(=O)Nc1cc(Cl)ccc1OC. The molecule has 0 saturated carbocycles. The molecular weight excluding hydrogens is 398 g/mol. The number of amides is 2. The number of rotatable bonds is 8. The zero-order valence-corrected chi connectivity index (χ0v) is 17.1. The third-order valence-corrected chi connectivity index (χ3v) is 4.10. The second kappa shape index (κ2) is 10.4. The number of carbonyl (C=O) groups is 3. The number of esters is 1. The first-order valence-corrected chi connectivity index (χ1v) is 9.01. The van der Waals surface area contributed by atoms with Gasteiger partial charge in [0.25, 0.3) is 0 Å². The largest absolute Gasteiger partial charge is 0.495 e. The number of carbonyl (C=O) groups excluding carboxylic acids is 3. The maximum atomic E-state index is 12.3. The first-order chi connectivity index (χ1) is 13.8. The Balaban J connectivity index is 1.93. The first-order valence-electron chi connectivity index (χ1n) is 8.63. The summed E-state index contributed by atoms with van der Waals surface area (Å²) in [5, 5.41) is 5.82. The Hall–Kier alpha value is -3.10. The van der Waals surface area contributed by atoms with Crippen LogP contribution >= 0.6 is 11.6 Å². The molecule has 0 radical (unpaired) electrons. The fraction of sp³-hybridized carbons (Fsp3) is 0.250. The first kappa shape index (κ1) is 22.2. The summed E-state index contributed by atoms with van der Waals surface area (Å²) < 4.78 is 9.89. The molecular formula is C20H22ClN3O5. The normalized spacial score (nSPS) is 10.4. The molecule has 0 fully saturated rings. The summed E-state index contributed by atoms with van der Waals surface area (Å²) in [5.74, 6) is -0.792. The molecule has 2 rings (SSSR count). The third kappa shape index (κ3) is 6.48. The van der Waals surface area contributed by atoms with Crippen LogP contribution in [0.1, 0.15) is 10.4 Å². The molecule has 0 heterocycles. The summed E-state index contributed by atoms with van der Waals surface area (Å²) in [6.07, 6.45) is 0. The molecule has 8 nitrogen and oxygen atoms in total. The number of halogens is 1. The fourth-order valence-corrected chi connectivity index (χ4v) is 2.76. The Morgan fingerprint density at radius 1 is 0.966 bits per heavy atom. The summed E-state index contributed by atoms with van der Waals surface area (Å²) >= 11 is 5.95. The van der Waals surface area contributed by atoms with Crippen molar-refractivity contribution in [3.63, 3.8) is 0 Å². The fourth-order valence-electron chi connectivity index (χ4n) is 2.58. The number of anilines is 2. The Kier molecular flexibility index (Phi) is 7.99. The minimum Gasteiger partial charge on any atom is -0.495 e. The Bertz CT molecular complexity index is 903. The van der Waals surface area contributed by atoms with Crippen LogP contribution in [0.2, 0.25) is 5.02 Å². The van der Waals surface area contributed by atoms with Gasteiger partial charge in [-0.1, -0.05) is 23.7 Å². The number of nitrogens with one attached hydrogen (secondary N) is 2. The maximum absolute atomic E-state index is 12.3. The van der Waals surface area contributed by atoms with E-state index in [9.17, 15) is 14.4 Å². The van der Waals surface area contributed by atoms with E-state index in [-0.39, 0.29) is 30.5 Å². The van der Waals surface area contributed by atoms with Gasteiger partial charge in [0.05, 0.1) is 44.2 Å². The predicted octanol–water partition coefficient (Wildman–Crippen LogP) is 2.64. The molecule has 2 aromatic rings. The van der Waals surface area contributed by atoms with Crippen molar-refractivity contribution in [3.8, 4) is 5.75 Å². The molecule has 29 heavy (non-hydrogen) atoms. The minimum atomic E-state index is -0.552. The molecule has 0 saturated heterocycles. The monoisotopic (exact) mass is 419 g/mol. The number of benzene rings is 2. The van der Waals surface area contributed by atoms with Crippen molar-refractivity contribution in [1.82, 2.24) is 4.90 Å². The summed E-state index contributed by atoms with van der Waals surface area (Å²) in [6, 6.07) is 11.4. The molecule has 0 aliphatic carbocycles. The van der Waals surface area contributed by atoms with E-state index in [1.165, 1.54) is 19.1 Å². The minimum absolute atomic E-state index is 0.0399. The van der Waals surface area contributed by atoms with Crippen LogP contribution in [0, 0.1) is 0 Å². The molecule has 0 atom stereocenters. The number of hydrogen-bond acceptors (Lipinski definition) is 6. The average molecular weight is 420 g/mol. The van der Waals surface area contributed by atoms with Gasteiger partial charge in [-0.25, -0.2) is 4.79 Å². The van der Waals surface area contributed by atoms with Crippen molar-refractivity contribution in [1.29, 1.82) is 0 Å². The van der Waals surface area contributed by atoms with Gasteiger partial charge >= 0.3 is 5.97 Å². The highest BCUT2D eigenvalue weighted by atomic mass is 35.5. The van der Waals surface area contributed by atoms with Gasteiger partial charge in [0, 0.05) is 5.02 Å². The van der Waals surface area contributed by atoms with Crippen LogP contribution in [0.4, 0.5) is 11.4 Å². The summed E-state index contributed by atoms with van der Waals surface area (Å²) in [4.78, 5) is 37.9. The average Bonchev–Trinajstić information content (AvgIpc) is 2.67. The molecule has 154 valence electrons. The smallest absolute Gasteiger partial charge is 0.339 e. The van der Waals surface area contributed by atoms with Gasteiger partial charge in [-0.15, -0.1) is 0 Å². The predicted molar refractivity (Wildman–Crippen MR) is 111 cm³/mol. The molecule has 0 unspecified atom stereocenters. The van der Waals surface area contributed by atoms with Gasteiger partial charge in [-0.3, -0.25) is 14.5 Å². The highest BCUT2D eigenvalue weighted by Crippen LogP contribution is 2.27. The van der Waals surface area contributed by atoms with Crippen molar-refractivity contribution in [2.45, 2.75) is 0 Å². The molecule has 9 heteroatoms. The van der Waals surface area contributed by atoms with Crippen LogP contribution in [-0.2, 0) is 14.3 Å². The number of ether oxygens (including phenoxy) is 2. The van der Waals surface area contributed by atoms with Crippen molar-refractivity contribution >= 4 is 40.8 Å². The van der Waals surface area contributed by atoms with Crippen molar-refractivity contribution in [2.75, 3.05) is 45.0 Å². The Labute approximate surface area is 173 Å². The Morgan fingerprint density at radius 3 is 2.21 bits per heavy atom. The topological polar surface area (TPSA) is 97.0 Å². The molecule has 2 N–H and O–H groups in total. The van der Waals surface area contributed by atoms with E-state index in [0.717, 1.165) is 0 Å². The van der Waals surface area contributed by atoms with Crippen LogP contribution in [0.3, 0.4) is 0 Å². The highest BCUT2D eigenvalue weighted by molar-refractivity contribution is 6.31. The van der Waals surface area contributed by atoms with E-state index in [2.05, 4.69) is 10.6 Å². The van der Waals surface area contributed by atoms with E-state index in [1.807, 2.05) is 0 Å². The van der Waals surface area contributed by atoms with Gasteiger partial charge in [0.15, 0.2) is 0 Å². The summed E-state index contributed by atoms with van der Waals surface area (Å²) in [7, 11) is 4.38. The second-order valence-corrected chi connectivity index (χ2v) is 6.59. The van der Waals surface area contributed by atoms with Crippen molar-refractivity contribution < 1.29 is 23.9 Å². The molecule has 2 aromatic carbocycles. The van der Waals surface area contributed by atoms with Crippen molar-refractivity contribution in [2.24, 2.45) is 0 Å². The van der Waals surface area contributed by atoms with Gasteiger partial charge in [-0.05, 0) is 37.4 Å². The standard InChI is InChI=1S/C20H22ClN3O5/c1-24(12-19(26)23-16-10-13(21)8-9-17(16)28-2)11-18(25)22-15-7-5-4-6-14(15)20(27)29-3/h4-10H,11-12H2,1-3H3,(H,22,25)(H,23,26). The molecule has 0 bridgehead atoms. The lowest BCUT2D eigenvalue weighted by Gasteiger charge is -2.17.